The zero-order valence-corrected chi connectivity index (χ0v) is 56.1. The molecule has 4 aromatic carbocycles. The normalized spacial score (nSPS) is 31.3. The number of halogens is 2. The van der Waals surface area contributed by atoms with Crippen LogP contribution in [0.2, 0.25) is 10.0 Å². The lowest BCUT2D eigenvalue weighted by Crippen LogP contribution is -2.49. The number of amides is 2. The van der Waals surface area contributed by atoms with E-state index in [-0.39, 0.29) is 84.2 Å². The zero-order chi connectivity index (χ0) is 65.4. The van der Waals surface area contributed by atoms with Crippen LogP contribution in [0.3, 0.4) is 0 Å². The molecule has 4 heterocycles. The van der Waals surface area contributed by atoms with Gasteiger partial charge in [-0.3, -0.25) is 19.2 Å². The molecule has 0 saturated heterocycles. The van der Waals surface area contributed by atoms with Crippen molar-refractivity contribution < 1.29 is 65.2 Å². The van der Waals surface area contributed by atoms with E-state index in [9.17, 15) is 46.2 Å². The average molecular weight is 1340 g/mol. The van der Waals surface area contributed by atoms with E-state index < -0.39 is 65.5 Å². The Morgan fingerprint density at radius 1 is 0.598 bits per heavy atom. The molecule has 4 aliphatic heterocycles. The molecule has 496 valence electrons. The van der Waals surface area contributed by atoms with Crippen LogP contribution in [0, 0.1) is 23.7 Å². The quantitative estimate of drug-likeness (QED) is 0.104. The number of rotatable bonds is 6. The number of esters is 2. The third-order valence-electron chi connectivity index (χ3n) is 21.6. The van der Waals surface area contributed by atoms with Crippen molar-refractivity contribution in [1.82, 2.24) is 9.44 Å². The van der Waals surface area contributed by atoms with Gasteiger partial charge in [0, 0.05) is 71.0 Å². The number of carbonyl (C=O) groups is 4. The Kier molecular flexibility index (Phi) is 19.9. The standard InChI is InChI=1S/2C35H43ClN2O7S/c2*1-34(17-14-32(40)44-2)15-4-3-7-30(39)27-11-8-25(27)20-38-21-35(16-5-6-23-18-26(36)10-12-28(23)35)22-45-31-13-9-24(19-29(31)38)33(41)37-46(34,42)43/h2*3,7,9-10,12-13,18-19,25,27,30,39H,4-6,8,11,14-17,20-22H2,1-2H3,(H,37,41)/b2*7-3+/t25-,27+,30-,34+,35-;25-,27+,30-,34-,35-/m00/s1. The first-order valence-electron chi connectivity index (χ1n) is 32.5. The predicted molar refractivity (Wildman–Crippen MR) is 354 cm³/mol. The number of fused-ring (bicyclic) bond motifs is 8. The maximum atomic E-state index is 13.8. The minimum absolute atomic E-state index is 0.0239. The minimum Gasteiger partial charge on any atom is -0.490 e. The van der Waals surface area contributed by atoms with E-state index in [2.05, 4.69) is 43.5 Å². The number of aryl methyl sites for hydroxylation is 2. The number of allylic oxidation sites excluding steroid dienone is 2. The molecule has 0 unspecified atom stereocenters. The van der Waals surface area contributed by atoms with Crippen molar-refractivity contribution in [2.45, 2.75) is 162 Å². The molecule has 4 bridgehead atoms. The molecule has 0 radical (unpaired) electrons. The summed E-state index contributed by atoms with van der Waals surface area (Å²) >= 11 is 12.8. The second-order valence-corrected chi connectivity index (χ2v) is 32.7. The molecule has 18 nitrogen and oxygen atoms in total. The summed E-state index contributed by atoms with van der Waals surface area (Å²) in [6.07, 6.45) is 16.1. The summed E-state index contributed by atoms with van der Waals surface area (Å²) in [4.78, 5) is 55.8. The fraction of sp³-hybridized carbons (Fsp3) is 0.543. The van der Waals surface area contributed by atoms with Crippen LogP contribution < -0.4 is 28.7 Å². The molecule has 92 heavy (non-hydrogen) atoms. The van der Waals surface area contributed by atoms with Gasteiger partial charge in [-0.2, -0.15) is 0 Å². The van der Waals surface area contributed by atoms with E-state index in [0.29, 0.717) is 73.8 Å². The van der Waals surface area contributed by atoms with Crippen molar-refractivity contribution in [3.63, 3.8) is 0 Å². The van der Waals surface area contributed by atoms with E-state index in [1.165, 1.54) is 36.5 Å². The Morgan fingerprint density at radius 3 is 1.39 bits per heavy atom. The monoisotopic (exact) mass is 1340 g/mol. The van der Waals surface area contributed by atoms with E-state index in [1.807, 2.05) is 24.3 Å². The van der Waals surface area contributed by atoms with Crippen molar-refractivity contribution in [2.75, 3.05) is 63.4 Å². The summed E-state index contributed by atoms with van der Waals surface area (Å²) in [7, 11) is -5.95. The highest BCUT2D eigenvalue weighted by molar-refractivity contribution is 7.91. The van der Waals surface area contributed by atoms with Gasteiger partial charge in [0.15, 0.2) is 0 Å². The highest BCUT2D eigenvalue weighted by atomic mass is 35.5. The van der Waals surface area contributed by atoms with Crippen LogP contribution in [0.25, 0.3) is 0 Å². The minimum atomic E-state index is -4.23. The lowest BCUT2D eigenvalue weighted by atomic mass is 9.68. The third kappa shape index (κ3) is 13.8. The van der Waals surface area contributed by atoms with Crippen LogP contribution in [-0.2, 0) is 62.8 Å². The van der Waals surface area contributed by atoms with Gasteiger partial charge >= 0.3 is 11.9 Å². The van der Waals surface area contributed by atoms with Gasteiger partial charge in [0.25, 0.3) is 11.8 Å². The molecule has 4 aliphatic carbocycles. The molecule has 10 atom stereocenters. The summed E-state index contributed by atoms with van der Waals surface area (Å²) < 4.78 is 79.5. The van der Waals surface area contributed by atoms with E-state index >= 15 is 0 Å². The maximum Gasteiger partial charge on any atom is 0.305 e. The predicted octanol–water partition coefficient (Wildman–Crippen LogP) is 10.6. The fourth-order valence-electron chi connectivity index (χ4n) is 15.5. The number of anilines is 2. The van der Waals surface area contributed by atoms with E-state index in [1.54, 1.807) is 62.4 Å². The number of ether oxygens (including phenoxy) is 4. The largest absolute Gasteiger partial charge is 0.490 e. The Hall–Kier alpha value is -6.16. The number of methoxy groups -OCH3 is 2. The molecule has 8 aliphatic rings. The Balaban J connectivity index is 0.000000188. The van der Waals surface area contributed by atoms with Crippen LogP contribution in [0.5, 0.6) is 11.5 Å². The lowest BCUT2D eigenvalue weighted by molar-refractivity contribution is -0.141. The second-order valence-electron chi connectivity index (χ2n) is 27.4. The number of aliphatic hydroxyl groups is 2. The Bertz CT molecular complexity index is 3530. The van der Waals surface area contributed by atoms with Crippen molar-refractivity contribution in [3.05, 3.63) is 141 Å². The Labute approximate surface area is 550 Å². The summed E-state index contributed by atoms with van der Waals surface area (Å²) in [5, 5.41) is 23.9. The van der Waals surface area contributed by atoms with Crippen LogP contribution in [0.1, 0.15) is 160 Å². The van der Waals surface area contributed by atoms with E-state index in [0.717, 1.165) is 75.6 Å². The highest BCUT2D eigenvalue weighted by Gasteiger charge is 2.48. The smallest absolute Gasteiger partial charge is 0.305 e. The lowest BCUT2D eigenvalue weighted by Gasteiger charge is -2.45. The molecule has 2 saturated carbocycles. The number of sulfonamides is 2. The van der Waals surface area contributed by atoms with Gasteiger partial charge < -0.3 is 39.0 Å². The number of benzene rings is 4. The number of aliphatic hydroxyl groups excluding tert-OH is 2. The molecule has 2 amide bonds. The Morgan fingerprint density at radius 2 is 1.01 bits per heavy atom. The van der Waals surface area contributed by atoms with Gasteiger partial charge in [-0.15, -0.1) is 0 Å². The summed E-state index contributed by atoms with van der Waals surface area (Å²) in [5.41, 5.74) is 6.18. The molecule has 2 spiro atoms. The first-order chi connectivity index (χ1) is 43.9. The van der Waals surface area contributed by atoms with Crippen molar-refractivity contribution in [1.29, 1.82) is 0 Å². The van der Waals surface area contributed by atoms with Crippen molar-refractivity contribution in [2.24, 2.45) is 23.7 Å². The fourth-order valence-corrected chi connectivity index (χ4v) is 18.6. The van der Waals surface area contributed by atoms with Crippen molar-refractivity contribution in [3.8, 4) is 11.5 Å². The molecule has 22 heteroatoms. The topological polar surface area (TPSA) is 244 Å². The van der Waals surface area contributed by atoms with Gasteiger partial charge in [-0.1, -0.05) is 59.6 Å². The first kappa shape index (κ1) is 67.3. The first-order valence-corrected chi connectivity index (χ1v) is 36.2. The number of hydrogen-bond donors (Lipinski definition) is 4. The molecule has 0 aromatic heterocycles. The second kappa shape index (κ2) is 27.3. The molecule has 2 fully saturated rings. The number of carbonyl (C=O) groups excluding carboxylic acids is 4. The zero-order valence-electron chi connectivity index (χ0n) is 52.9. The van der Waals surface area contributed by atoms with Gasteiger partial charge in [0.05, 0.1) is 60.5 Å². The van der Waals surface area contributed by atoms with Crippen LogP contribution in [0.4, 0.5) is 11.4 Å². The SMILES string of the molecule is COC(=O)CC[C@@]1(C)CC/C=C/[C@H](O)[C@@H]2CC[C@H]2CN2C[C@@]3(CCCc4cc(Cl)ccc43)COc3ccc(cc32)C(=O)NS1(=O)=O.COC(=O)CC[C@]1(C)CC/C=C/[C@H](O)[C@@H]2CC[C@H]2CN2C[C@@]3(CCCc4cc(Cl)ccc43)COc3ccc(cc32)C(=O)NS1(=O)=O. The molecular formula is C70H86Cl2N4O14S2. The highest BCUT2D eigenvalue weighted by Crippen LogP contribution is 2.50. The molecular weight excluding hydrogens is 1260 g/mol. The summed E-state index contributed by atoms with van der Waals surface area (Å²) in [5.74, 6) is -0.661. The number of hydrogen-bond acceptors (Lipinski definition) is 16. The molecule has 4 N–H and O–H groups in total. The van der Waals surface area contributed by atoms with Crippen LogP contribution >= 0.6 is 23.2 Å². The number of nitrogens with zero attached hydrogens (tertiary/aromatic N) is 2. The van der Waals surface area contributed by atoms with Crippen LogP contribution in [0.15, 0.2) is 97.1 Å². The van der Waals surface area contributed by atoms with Gasteiger partial charge in [-0.05, 0) is 223 Å². The number of nitrogens with one attached hydrogen (secondary N) is 2. The summed E-state index contributed by atoms with van der Waals surface area (Å²) in [6.45, 7) is 6.66. The molecule has 4 aromatic rings. The van der Waals surface area contributed by atoms with E-state index in [4.69, 9.17) is 42.1 Å². The van der Waals surface area contributed by atoms with Gasteiger partial charge in [-0.25, -0.2) is 26.3 Å². The van der Waals surface area contributed by atoms with Crippen molar-refractivity contribution >= 4 is 78.4 Å². The third-order valence-corrected chi connectivity index (χ3v) is 26.4. The van der Waals surface area contributed by atoms with Gasteiger partial charge in [0.1, 0.15) is 11.5 Å². The molecule has 12 rings (SSSR count). The van der Waals surface area contributed by atoms with Gasteiger partial charge in [0.2, 0.25) is 20.0 Å². The average Bonchev–Trinajstić information content (AvgIpc) is 1.48. The maximum absolute atomic E-state index is 13.8. The van der Waals surface area contributed by atoms with Crippen LogP contribution in [-0.4, -0.2) is 126 Å². The summed E-state index contributed by atoms with van der Waals surface area (Å²) in [6, 6.07) is 22.4.